The molecule has 0 bridgehead atoms. The summed E-state index contributed by atoms with van der Waals surface area (Å²) in [5.74, 6) is 0. The van der Waals surface area contributed by atoms with Gasteiger partial charge in [0.15, 0.2) is 0 Å². The summed E-state index contributed by atoms with van der Waals surface area (Å²) >= 11 is 0. The Labute approximate surface area is 90.3 Å². The second-order valence-corrected chi connectivity index (χ2v) is 2.98. The molecule has 0 unspecified atom stereocenters. The number of nitrogens with one attached hydrogen (secondary N) is 1. The third-order valence-corrected chi connectivity index (χ3v) is 1.85. The minimum Gasteiger partial charge on any atom is -0.306 e. The molecule has 0 fully saturated rings. The van der Waals surface area contributed by atoms with Crippen molar-refractivity contribution in [1.82, 2.24) is 10.3 Å². The Bertz CT molecular complexity index is 341. The summed E-state index contributed by atoms with van der Waals surface area (Å²) in [5, 5.41) is 3.23. The normalized spacial score (nSPS) is 11.1. The number of allylic oxidation sites excluding steroid dienone is 2. The van der Waals surface area contributed by atoms with E-state index in [2.05, 4.69) is 28.6 Å². The highest BCUT2D eigenvalue weighted by atomic mass is 14.9. The lowest BCUT2D eigenvalue weighted by atomic mass is 10.3. The van der Waals surface area contributed by atoms with Gasteiger partial charge in [0.1, 0.15) is 0 Å². The van der Waals surface area contributed by atoms with Gasteiger partial charge < -0.3 is 5.32 Å². The van der Waals surface area contributed by atoms with Crippen molar-refractivity contribution in [1.29, 1.82) is 0 Å². The molecule has 0 aliphatic carbocycles. The third kappa shape index (κ3) is 4.33. The minimum absolute atomic E-state index is 0.673. The summed E-state index contributed by atoms with van der Waals surface area (Å²) < 4.78 is 0. The summed E-state index contributed by atoms with van der Waals surface area (Å²) in [6.45, 7) is 8.49. The van der Waals surface area contributed by atoms with Crippen LogP contribution in [0, 0.1) is 0 Å². The average molecular weight is 201 g/mol. The Morgan fingerprint density at radius 1 is 1.53 bits per heavy atom. The fourth-order valence-electron chi connectivity index (χ4n) is 1.12. The zero-order chi connectivity index (χ0) is 10.9. The van der Waals surface area contributed by atoms with Crippen LogP contribution in [0.15, 0.2) is 53.8 Å². The van der Waals surface area contributed by atoms with Gasteiger partial charge in [-0.3, -0.25) is 9.98 Å². The summed E-state index contributed by atoms with van der Waals surface area (Å²) in [7, 11) is 0. The molecule has 1 heterocycles. The smallest absolute Gasteiger partial charge is 0.0541 e. The molecule has 1 N–H and O–H groups in total. The first-order chi connectivity index (χ1) is 7.36. The van der Waals surface area contributed by atoms with Crippen LogP contribution in [0.3, 0.4) is 0 Å². The lowest BCUT2D eigenvalue weighted by Gasteiger charge is -2.03. The number of pyridine rings is 1. The Morgan fingerprint density at radius 2 is 2.40 bits per heavy atom. The maximum absolute atomic E-state index is 4.20. The number of rotatable bonds is 6. The third-order valence-electron chi connectivity index (χ3n) is 1.85. The van der Waals surface area contributed by atoms with Gasteiger partial charge >= 0.3 is 0 Å². The van der Waals surface area contributed by atoms with Gasteiger partial charge in [-0.25, -0.2) is 0 Å². The van der Waals surface area contributed by atoms with Crippen molar-refractivity contribution in [3.63, 3.8) is 0 Å². The highest BCUT2D eigenvalue weighted by Crippen LogP contribution is 1.96. The standard InChI is InChI=1S/C12H15N3/c1-3-6-11(13-2)9-14-10-12-7-4-5-8-15-12/h3-8,14H,1-2,9-10H2/b11-6-. The van der Waals surface area contributed by atoms with E-state index in [9.17, 15) is 0 Å². The highest BCUT2D eigenvalue weighted by Gasteiger charge is 1.94. The van der Waals surface area contributed by atoms with Crippen LogP contribution in [0.25, 0.3) is 0 Å². The molecule has 15 heavy (non-hydrogen) atoms. The van der Waals surface area contributed by atoms with Crippen molar-refractivity contribution < 1.29 is 0 Å². The first-order valence-electron chi connectivity index (χ1n) is 4.75. The van der Waals surface area contributed by atoms with Gasteiger partial charge in [0, 0.05) is 19.3 Å². The average Bonchev–Trinajstić information content (AvgIpc) is 2.29. The van der Waals surface area contributed by atoms with Crippen molar-refractivity contribution in [2.75, 3.05) is 6.54 Å². The van der Waals surface area contributed by atoms with Crippen LogP contribution >= 0.6 is 0 Å². The maximum Gasteiger partial charge on any atom is 0.0541 e. The predicted molar refractivity (Wildman–Crippen MR) is 63.8 cm³/mol. The molecular formula is C12H15N3. The topological polar surface area (TPSA) is 37.3 Å². The van der Waals surface area contributed by atoms with Gasteiger partial charge in [0.05, 0.1) is 11.4 Å². The van der Waals surface area contributed by atoms with Crippen LogP contribution in [0.5, 0.6) is 0 Å². The fraction of sp³-hybridized carbons (Fsp3) is 0.167. The minimum atomic E-state index is 0.673. The SMILES string of the molecule is C=C/C=C(/CNCc1ccccn1)N=C. The number of aliphatic imine (C=N–C) groups is 1. The van der Waals surface area contributed by atoms with Gasteiger partial charge in [-0.15, -0.1) is 0 Å². The van der Waals surface area contributed by atoms with E-state index in [0.29, 0.717) is 6.54 Å². The molecule has 0 aliphatic rings. The van der Waals surface area contributed by atoms with E-state index in [4.69, 9.17) is 0 Å². The largest absolute Gasteiger partial charge is 0.306 e. The van der Waals surface area contributed by atoms with Crippen molar-refractivity contribution in [2.45, 2.75) is 6.54 Å². The van der Waals surface area contributed by atoms with E-state index in [1.54, 1.807) is 12.3 Å². The van der Waals surface area contributed by atoms with E-state index in [1.807, 2.05) is 24.3 Å². The predicted octanol–water partition coefficient (Wildman–Crippen LogP) is 1.94. The molecule has 1 aromatic heterocycles. The zero-order valence-electron chi connectivity index (χ0n) is 8.69. The Kier molecular flexibility index (Phi) is 5.04. The van der Waals surface area contributed by atoms with Crippen molar-refractivity contribution >= 4 is 6.72 Å². The maximum atomic E-state index is 4.20. The van der Waals surface area contributed by atoms with E-state index >= 15 is 0 Å². The molecule has 3 nitrogen and oxygen atoms in total. The van der Waals surface area contributed by atoms with E-state index in [0.717, 1.165) is 17.9 Å². The molecule has 1 aromatic rings. The summed E-state index contributed by atoms with van der Waals surface area (Å²) in [6, 6.07) is 5.85. The van der Waals surface area contributed by atoms with Crippen LogP contribution in [-0.4, -0.2) is 18.2 Å². The van der Waals surface area contributed by atoms with Crippen molar-refractivity contribution in [3.05, 3.63) is 54.5 Å². The van der Waals surface area contributed by atoms with Crippen molar-refractivity contribution in [3.8, 4) is 0 Å². The Balaban J connectivity index is 2.36. The number of hydrogen-bond donors (Lipinski definition) is 1. The molecule has 0 amide bonds. The zero-order valence-corrected chi connectivity index (χ0v) is 8.69. The lowest BCUT2D eigenvalue weighted by Crippen LogP contribution is -2.16. The number of aromatic nitrogens is 1. The highest BCUT2D eigenvalue weighted by molar-refractivity contribution is 5.30. The first-order valence-corrected chi connectivity index (χ1v) is 4.75. The van der Waals surface area contributed by atoms with Gasteiger partial charge in [-0.2, -0.15) is 0 Å². The van der Waals surface area contributed by atoms with Gasteiger partial charge in [0.2, 0.25) is 0 Å². The van der Waals surface area contributed by atoms with Crippen LogP contribution in [0.4, 0.5) is 0 Å². The second-order valence-electron chi connectivity index (χ2n) is 2.98. The van der Waals surface area contributed by atoms with E-state index in [-0.39, 0.29) is 0 Å². The van der Waals surface area contributed by atoms with Crippen LogP contribution in [0.1, 0.15) is 5.69 Å². The molecular weight excluding hydrogens is 186 g/mol. The summed E-state index contributed by atoms with van der Waals surface area (Å²) in [6.07, 6.45) is 5.31. The first kappa shape index (κ1) is 11.3. The van der Waals surface area contributed by atoms with Crippen LogP contribution in [0.2, 0.25) is 0 Å². The van der Waals surface area contributed by atoms with E-state index < -0.39 is 0 Å². The molecule has 1 rings (SSSR count). The van der Waals surface area contributed by atoms with Crippen LogP contribution in [-0.2, 0) is 6.54 Å². The summed E-state index contributed by atoms with van der Waals surface area (Å²) in [5.41, 5.74) is 1.89. The van der Waals surface area contributed by atoms with Gasteiger partial charge in [0.25, 0.3) is 0 Å². The monoisotopic (exact) mass is 201 g/mol. The van der Waals surface area contributed by atoms with Gasteiger partial charge in [-0.05, 0) is 24.9 Å². The fourth-order valence-corrected chi connectivity index (χ4v) is 1.12. The molecule has 0 aromatic carbocycles. The molecule has 0 saturated heterocycles. The molecule has 0 saturated carbocycles. The molecule has 0 spiro atoms. The Hall–Kier alpha value is -1.74. The number of nitrogens with zero attached hydrogens (tertiary/aromatic N) is 2. The van der Waals surface area contributed by atoms with E-state index in [1.165, 1.54) is 0 Å². The molecule has 3 heteroatoms. The second kappa shape index (κ2) is 6.68. The molecule has 0 atom stereocenters. The van der Waals surface area contributed by atoms with Crippen molar-refractivity contribution in [2.24, 2.45) is 4.99 Å². The lowest BCUT2D eigenvalue weighted by molar-refractivity contribution is 0.720. The quantitative estimate of drug-likeness (QED) is 0.564. The molecule has 78 valence electrons. The molecule has 0 radical (unpaired) electrons. The summed E-state index contributed by atoms with van der Waals surface area (Å²) in [4.78, 5) is 8.06. The van der Waals surface area contributed by atoms with Crippen LogP contribution < -0.4 is 5.32 Å². The number of hydrogen-bond acceptors (Lipinski definition) is 3. The molecule has 0 aliphatic heterocycles. The van der Waals surface area contributed by atoms with Gasteiger partial charge in [-0.1, -0.05) is 18.7 Å². The Morgan fingerprint density at radius 3 is 3.00 bits per heavy atom.